The summed E-state index contributed by atoms with van der Waals surface area (Å²) in [6, 6.07) is 20.1. The second-order valence-corrected chi connectivity index (χ2v) is 8.09. The maximum absolute atomic E-state index is 10.6. The van der Waals surface area contributed by atoms with Gasteiger partial charge in [0.1, 0.15) is 18.5 Å². The molecule has 3 aromatic rings. The second-order valence-electron chi connectivity index (χ2n) is 8.09. The molecule has 0 aromatic heterocycles. The molecule has 0 bridgehead atoms. The predicted molar refractivity (Wildman–Crippen MR) is 121 cm³/mol. The lowest BCUT2D eigenvalue weighted by atomic mass is 9.96. The number of aliphatic hydroxyl groups is 2. The molecule has 1 unspecified atom stereocenters. The molecule has 1 aliphatic heterocycles. The molecule has 1 saturated heterocycles. The number of aliphatic hydroxyl groups excluding tert-OH is 2. The van der Waals surface area contributed by atoms with Crippen LogP contribution in [0.2, 0.25) is 0 Å². The van der Waals surface area contributed by atoms with E-state index in [-0.39, 0.29) is 13.2 Å². The van der Waals surface area contributed by atoms with Crippen molar-refractivity contribution in [2.45, 2.75) is 12.7 Å². The summed E-state index contributed by atoms with van der Waals surface area (Å²) in [5.74, 6) is 0.751. The molecule has 158 valence electrons. The van der Waals surface area contributed by atoms with Crippen molar-refractivity contribution in [3.05, 3.63) is 66.2 Å². The molecule has 0 aliphatic carbocycles. The fraction of sp³-hybridized carbons (Fsp3) is 0.360. The molecule has 0 spiro atoms. The highest BCUT2D eigenvalue weighted by Gasteiger charge is 2.18. The molecule has 5 heteroatoms. The van der Waals surface area contributed by atoms with Crippen LogP contribution < -0.4 is 4.74 Å². The molecule has 1 fully saturated rings. The maximum atomic E-state index is 10.6. The van der Waals surface area contributed by atoms with E-state index in [1.165, 1.54) is 0 Å². The van der Waals surface area contributed by atoms with Crippen molar-refractivity contribution in [3.63, 3.8) is 0 Å². The summed E-state index contributed by atoms with van der Waals surface area (Å²) in [5.41, 5.74) is 2.86. The van der Waals surface area contributed by atoms with Gasteiger partial charge >= 0.3 is 0 Å². The molecular weight excluding hydrogens is 376 g/mol. The smallest absolute Gasteiger partial charge is 0.127 e. The highest BCUT2D eigenvalue weighted by atomic mass is 16.5. The monoisotopic (exact) mass is 406 g/mol. The Hall–Kier alpha value is -2.44. The lowest BCUT2D eigenvalue weighted by Crippen LogP contribution is -2.47. The number of hydrogen-bond donors (Lipinski definition) is 2. The van der Waals surface area contributed by atoms with Crippen LogP contribution in [0.1, 0.15) is 5.56 Å². The van der Waals surface area contributed by atoms with Crippen LogP contribution in [0, 0.1) is 0 Å². The number of β-amino-alcohol motifs (C(OH)–C–C–N with tert-alkyl or cyclic N) is 1. The van der Waals surface area contributed by atoms with Crippen LogP contribution in [0.3, 0.4) is 0 Å². The summed E-state index contributed by atoms with van der Waals surface area (Å²) in [5, 5.41) is 22.4. The number of rotatable bonds is 7. The van der Waals surface area contributed by atoms with Crippen LogP contribution in [-0.2, 0) is 6.61 Å². The number of benzene rings is 3. The summed E-state index contributed by atoms with van der Waals surface area (Å²) in [4.78, 5) is 4.60. The first kappa shape index (κ1) is 20.8. The molecule has 1 aliphatic rings. The van der Waals surface area contributed by atoms with Crippen molar-refractivity contribution < 1.29 is 14.9 Å². The van der Waals surface area contributed by atoms with Gasteiger partial charge in [0.15, 0.2) is 0 Å². The first-order valence-corrected chi connectivity index (χ1v) is 10.6. The van der Waals surface area contributed by atoms with E-state index in [9.17, 15) is 10.2 Å². The molecule has 2 N–H and O–H groups in total. The van der Waals surface area contributed by atoms with E-state index in [4.69, 9.17) is 4.74 Å². The van der Waals surface area contributed by atoms with E-state index in [1.54, 1.807) is 0 Å². The van der Waals surface area contributed by atoms with Crippen LogP contribution >= 0.6 is 0 Å². The van der Waals surface area contributed by atoms with E-state index < -0.39 is 6.10 Å². The average molecular weight is 407 g/mol. The first-order chi connectivity index (χ1) is 14.6. The Kier molecular flexibility index (Phi) is 6.65. The third-order valence-corrected chi connectivity index (χ3v) is 5.79. The fourth-order valence-corrected chi connectivity index (χ4v) is 4.06. The Morgan fingerprint density at radius 2 is 1.77 bits per heavy atom. The number of ether oxygens (including phenoxy) is 1. The average Bonchev–Trinajstić information content (AvgIpc) is 2.78. The normalized spacial score (nSPS) is 16.6. The van der Waals surface area contributed by atoms with Crippen LogP contribution in [-0.4, -0.2) is 72.5 Å². The van der Waals surface area contributed by atoms with E-state index in [0.29, 0.717) is 6.54 Å². The molecular formula is C25H30N2O3. The van der Waals surface area contributed by atoms with Gasteiger partial charge in [-0.2, -0.15) is 0 Å². The first-order valence-electron chi connectivity index (χ1n) is 10.6. The van der Waals surface area contributed by atoms with Gasteiger partial charge in [-0.25, -0.2) is 0 Å². The lowest BCUT2D eigenvalue weighted by molar-refractivity contribution is 0.0506. The zero-order valence-corrected chi connectivity index (χ0v) is 17.5. The zero-order valence-electron chi connectivity index (χ0n) is 17.5. The highest BCUT2D eigenvalue weighted by molar-refractivity contribution is 5.99. The number of nitrogens with zero attached hydrogens (tertiary/aromatic N) is 2. The number of hydrogen-bond acceptors (Lipinski definition) is 5. The minimum atomic E-state index is -0.545. The largest absolute Gasteiger partial charge is 0.490 e. The van der Waals surface area contributed by atoms with Gasteiger partial charge in [-0.3, -0.25) is 4.90 Å². The van der Waals surface area contributed by atoms with Gasteiger partial charge < -0.3 is 19.8 Å². The fourth-order valence-electron chi connectivity index (χ4n) is 4.06. The third-order valence-electron chi connectivity index (χ3n) is 5.79. The van der Waals surface area contributed by atoms with Gasteiger partial charge in [0.25, 0.3) is 0 Å². The van der Waals surface area contributed by atoms with Gasteiger partial charge in [0, 0.05) is 38.3 Å². The van der Waals surface area contributed by atoms with Crippen LogP contribution in [0.25, 0.3) is 21.9 Å². The summed E-state index contributed by atoms with van der Waals surface area (Å²) in [6.45, 7) is 4.88. The zero-order chi connectivity index (χ0) is 20.9. The molecule has 5 nitrogen and oxygen atoms in total. The van der Waals surface area contributed by atoms with Crippen molar-refractivity contribution in [1.29, 1.82) is 0 Å². The van der Waals surface area contributed by atoms with E-state index in [1.807, 2.05) is 42.5 Å². The van der Waals surface area contributed by atoms with Gasteiger partial charge in [-0.1, -0.05) is 48.5 Å². The standard InChI is InChI=1S/C25H30N2O3/c1-26-11-13-27(14-12-26)16-22(29)18-30-24-10-9-20-6-2-3-8-23(20)25(24)21-7-4-5-19(15-21)17-28/h2-10,15,22,28-29H,11-14,16-18H2,1H3. The molecule has 3 aromatic carbocycles. The summed E-state index contributed by atoms with van der Waals surface area (Å²) in [7, 11) is 2.13. The molecule has 1 atom stereocenters. The Balaban J connectivity index is 1.56. The summed E-state index contributed by atoms with van der Waals surface area (Å²) in [6.07, 6.45) is -0.545. The molecule has 1 heterocycles. The Morgan fingerprint density at radius 3 is 2.57 bits per heavy atom. The van der Waals surface area contributed by atoms with Crippen LogP contribution in [0.4, 0.5) is 0 Å². The van der Waals surface area contributed by atoms with E-state index in [2.05, 4.69) is 35.0 Å². The van der Waals surface area contributed by atoms with Gasteiger partial charge in [0.05, 0.1) is 6.61 Å². The minimum Gasteiger partial charge on any atom is -0.490 e. The van der Waals surface area contributed by atoms with Crippen molar-refractivity contribution in [1.82, 2.24) is 9.80 Å². The molecule has 0 amide bonds. The Morgan fingerprint density at radius 1 is 0.967 bits per heavy atom. The maximum Gasteiger partial charge on any atom is 0.127 e. The van der Waals surface area contributed by atoms with Gasteiger partial charge in [-0.15, -0.1) is 0 Å². The number of likely N-dealkylation sites (N-methyl/N-ethyl adjacent to an activating group) is 1. The SMILES string of the molecule is CN1CCN(CC(O)COc2ccc3ccccc3c2-c2cccc(CO)c2)CC1. The predicted octanol–water partition coefficient (Wildman–Crippen LogP) is 2.99. The molecule has 0 saturated carbocycles. The summed E-state index contributed by atoms with van der Waals surface area (Å²) < 4.78 is 6.15. The van der Waals surface area contributed by atoms with Gasteiger partial charge in [0.2, 0.25) is 0 Å². The van der Waals surface area contributed by atoms with E-state index in [0.717, 1.165) is 59.4 Å². The number of fused-ring (bicyclic) bond motifs is 1. The summed E-state index contributed by atoms with van der Waals surface area (Å²) >= 11 is 0. The quantitative estimate of drug-likeness (QED) is 0.632. The second kappa shape index (κ2) is 9.58. The Labute approximate surface area is 178 Å². The topological polar surface area (TPSA) is 56.2 Å². The molecule has 4 rings (SSSR count). The molecule has 0 radical (unpaired) electrons. The van der Waals surface area contributed by atoms with Crippen molar-refractivity contribution >= 4 is 10.8 Å². The Bertz CT molecular complexity index is 983. The van der Waals surface area contributed by atoms with Crippen LogP contribution in [0.5, 0.6) is 5.75 Å². The van der Waals surface area contributed by atoms with Crippen molar-refractivity contribution in [2.75, 3.05) is 46.4 Å². The molecule has 30 heavy (non-hydrogen) atoms. The highest BCUT2D eigenvalue weighted by Crippen LogP contribution is 2.37. The third kappa shape index (κ3) is 4.82. The van der Waals surface area contributed by atoms with E-state index >= 15 is 0 Å². The van der Waals surface area contributed by atoms with Crippen LogP contribution in [0.15, 0.2) is 60.7 Å². The lowest BCUT2D eigenvalue weighted by Gasteiger charge is -2.33. The number of piperazine rings is 1. The van der Waals surface area contributed by atoms with Crippen molar-refractivity contribution in [3.8, 4) is 16.9 Å². The minimum absolute atomic E-state index is 0.00145. The van der Waals surface area contributed by atoms with Gasteiger partial charge in [-0.05, 0) is 41.1 Å². The van der Waals surface area contributed by atoms with Crippen molar-refractivity contribution in [2.24, 2.45) is 0 Å².